The van der Waals surface area contributed by atoms with Crippen molar-refractivity contribution in [3.05, 3.63) is 34.9 Å². The van der Waals surface area contributed by atoms with Gasteiger partial charge in [0.15, 0.2) is 0 Å². The van der Waals surface area contributed by atoms with Gasteiger partial charge in [-0.1, -0.05) is 44.5 Å². The lowest BCUT2D eigenvalue weighted by molar-refractivity contribution is -0.133. The second-order valence-corrected chi connectivity index (χ2v) is 6.23. The molecule has 4 nitrogen and oxygen atoms in total. The van der Waals surface area contributed by atoms with Crippen LogP contribution in [0.25, 0.3) is 0 Å². The van der Waals surface area contributed by atoms with Crippen LogP contribution < -0.4 is 10.6 Å². The molecule has 1 unspecified atom stereocenters. The van der Waals surface area contributed by atoms with E-state index >= 15 is 0 Å². The first-order valence-corrected chi connectivity index (χ1v) is 6.91. The Morgan fingerprint density at radius 1 is 1.30 bits per heavy atom. The minimum absolute atomic E-state index is 0.150. The first-order chi connectivity index (χ1) is 9.20. The second kappa shape index (κ2) is 6.75. The van der Waals surface area contributed by atoms with Crippen LogP contribution in [-0.4, -0.2) is 17.9 Å². The van der Waals surface area contributed by atoms with Gasteiger partial charge >= 0.3 is 0 Å². The molecule has 1 aromatic rings. The summed E-state index contributed by atoms with van der Waals surface area (Å²) in [6.45, 7) is 7.46. The van der Waals surface area contributed by atoms with E-state index in [1.807, 2.05) is 12.1 Å². The van der Waals surface area contributed by atoms with Gasteiger partial charge in [0.2, 0.25) is 11.8 Å². The van der Waals surface area contributed by atoms with Crippen LogP contribution in [0, 0.1) is 5.41 Å². The van der Waals surface area contributed by atoms with Gasteiger partial charge in [-0.25, -0.2) is 0 Å². The average molecular weight is 297 g/mol. The number of hydrogen-bond donors (Lipinski definition) is 2. The summed E-state index contributed by atoms with van der Waals surface area (Å²) in [6.07, 6.45) is 0. The number of nitrogens with one attached hydrogen (secondary N) is 2. The van der Waals surface area contributed by atoms with Crippen molar-refractivity contribution >= 4 is 23.4 Å². The maximum Gasteiger partial charge on any atom is 0.242 e. The molecule has 0 saturated carbocycles. The molecule has 1 rings (SSSR count). The fourth-order valence-corrected chi connectivity index (χ4v) is 1.68. The van der Waals surface area contributed by atoms with Crippen molar-refractivity contribution in [1.29, 1.82) is 0 Å². The monoisotopic (exact) mass is 296 g/mol. The summed E-state index contributed by atoms with van der Waals surface area (Å²) in [5.41, 5.74) is 0.404. The molecule has 110 valence electrons. The molecule has 0 aliphatic rings. The average Bonchev–Trinajstić information content (AvgIpc) is 2.34. The molecule has 0 aliphatic heterocycles. The molecule has 0 bridgehead atoms. The highest BCUT2D eigenvalue weighted by Crippen LogP contribution is 2.13. The number of carbonyl (C=O) groups is 2. The van der Waals surface area contributed by atoms with Gasteiger partial charge in [-0.2, -0.15) is 0 Å². The lowest BCUT2D eigenvalue weighted by Crippen LogP contribution is -2.48. The van der Waals surface area contributed by atoms with Gasteiger partial charge in [0.25, 0.3) is 0 Å². The molecular formula is C15H21ClN2O2. The Labute approximate surface area is 124 Å². The van der Waals surface area contributed by atoms with Gasteiger partial charge in [0.1, 0.15) is 6.04 Å². The predicted octanol–water partition coefficient (Wildman–Crippen LogP) is 2.51. The summed E-state index contributed by atoms with van der Waals surface area (Å²) < 4.78 is 0. The molecule has 1 aromatic carbocycles. The van der Waals surface area contributed by atoms with Gasteiger partial charge in [0, 0.05) is 17.0 Å². The molecule has 0 saturated heterocycles. The lowest BCUT2D eigenvalue weighted by atomic mass is 9.95. The SMILES string of the molecule is CC(NC(=O)C(C)(C)C)C(=O)NCc1cccc(Cl)c1. The van der Waals surface area contributed by atoms with Gasteiger partial charge < -0.3 is 10.6 Å². The molecule has 0 fully saturated rings. The Morgan fingerprint density at radius 3 is 2.50 bits per heavy atom. The van der Waals surface area contributed by atoms with Crippen LogP contribution in [0.1, 0.15) is 33.3 Å². The van der Waals surface area contributed by atoms with Crippen molar-refractivity contribution in [3.63, 3.8) is 0 Å². The standard InChI is InChI=1S/C15H21ClN2O2/c1-10(18-14(20)15(2,3)4)13(19)17-9-11-6-5-7-12(16)8-11/h5-8,10H,9H2,1-4H3,(H,17,19)(H,18,20). The number of amides is 2. The number of rotatable bonds is 4. The number of benzene rings is 1. The number of hydrogen-bond acceptors (Lipinski definition) is 2. The maximum absolute atomic E-state index is 11.9. The van der Waals surface area contributed by atoms with Crippen molar-refractivity contribution in [2.45, 2.75) is 40.3 Å². The predicted molar refractivity (Wildman–Crippen MR) is 80.4 cm³/mol. The van der Waals surface area contributed by atoms with Crippen LogP contribution >= 0.6 is 11.6 Å². The van der Waals surface area contributed by atoms with E-state index in [4.69, 9.17) is 11.6 Å². The third kappa shape index (κ3) is 5.21. The highest BCUT2D eigenvalue weighted by atomic mass is 35.5. The topological polar surface area (TPSA) is 58.2 Å². The Balaban J connectivity index is 2.48. The Kier molecular flexibility index (Phi) is 5.57. The van der Waals surface area contributed by atoms with E-state index in [0.717, 1.165) is 5.56 Å². The Hall–Kier alpha value is -1.55. The Morgan fingerprint density at radius 2 is 1.95 bits per heavy atom. The van der Waals surface area contributed by atoms with E-state index in [2.05, 4.69) is 10.6 Å². The van der Waals surface area contributed by atoms with Crippen LogP contribution in [0.5, 0.6) is 0 Å². The second-order valence-electron chi connectivity index (χ2n) is 5.79. The van der Waals surface area contributed by atoms with Crippen LogP contribution in [0.3, 0.4) is 0 Å². The van der Waals surface area contributed by atoms with E-state index < -0.39 is 11.5 Å². The zero-order chi connectivity index (χ0) is 15.3. The lowest BCUT2D eigenvalue weighted by Gasteiger charge is -2.21. The summed E-state index contributed by atoms with van der Waals surface area (Å²) in [5, 5.41) is 6.09. The van der Waals surface area contributed by atoms with Crippen LogP contribution in [-0.2, 0) is 16.1 Å². The highest BCUT2D eigenvalue weighted by Gasteiger charge is 2.24. The Bertz CT molecular complexity index is 495. The number of carbonyl (C=O) groups excluding carboxylic acids is 2. The zero-order valence-electron chi connectivity index (χ0n) is 12.3. The third-order valence-electron chi connectivity index (χ3n) is 2.78. The van der Waals surface area contributed by atoms with E-state index in [1.165, 1.54) is 0 Å². The molecule has 2 N–H and O–H groups in total. The van der Waals surface area contributed by atoms with Gasteiger partial charge in [-0.15, -0.1) is 0 Å². The first kappa shape index (κ1) is 16.5. The van der Waals surface area contributed by atoms with E-state index in [0.29, 0.717) is 11.6 Å². The zero-order valence-corrected chi connectivity index (χ0v) is 13.0. The van der Waals surface area contributed by atoms with Crippen molar-refractivity contribution in [2.75, 3.05) is 0 Å². The summed E-state index contributed by atoms with van der Waals surface area (Å²) >= 11 is 5.87. The molecular weight excluding hydrogens is 276 g/mol. The molecule has 5 heteroatoms. The third-order valence-corrected chi connectivity index (χ3v) is 3.01. The molecule has 2 amide bonds. The van der Waals surface area contributed by atoms with Crippen LogP contribution in [0.2, 0.25) is 5.02 Å². The largest absolute Gasteiger partial charge is 0.350 e. The molecule has 0 radical (unpaired) electrons. The van der Waals surface area contributed by atoms with Crippen molar-refractivity contribution in [2.24, 2.45) is 5.41 Å². The number of halogens is 1. The van der Waals surface area contributed by atoms with Crippen molar-refractivity contribution in [3.8, 4) is 0 Å². The minimum atomic E-state index is -0.569. The summed E-state index contributed by atoms with van der Waals surface area (Å²) in [4.78, 5) is 23.7. The molecule has 0 aromatic heterocycles. The van der Waals surface area contributed by atoms with E-state index in [-0.39, 0.29) is 11.8 Å². The minimum Gasteiger partial charge on any atom is -0.350 e. The van der Waals surface area contributed by atoms with E-state index in [9.17, 15) is 9.59 Å². The smallest absolute Gasteiger partial charge is 0.242 e. The molecule has 0 spiro atoms. The molecule has 0 aliphatic carbocycles. The quantitative estimate of drug-likeness (QED) is 0.897. The van der Waals surface area contributed by atoms with Gasteiger partial charge in [-0.05, 0) is 24.6 Å². The van der Waals surface area contributed by atoms with Gasteiger partial charge in [0.05, 0.1) is 0 Å². The van der Waals surface area contributed by atoms with Crippen LogP contribution in [0.15, 0.2) is 24.3 Å². The van der Waals surface area contributed by atoms with Crippen molar-refractivity contribution < 1.29 is 9.59 Å². The van der Waals surface area contributed by atoms with Crippen molar-refractivity contribution in [1.82, 2.24) is 10.6 Å². The molecule has 1 atom stereocenters. The summed E-state index contributed by atoms with van der Waals surface area (Å²) in [7, 11) is 0. The normalized spacial score (nSPS) is 12.7. The molecule has 20 heavy (non-hydrogen) atoms. The van der Waals surface area contributed by atoms with Crippen LogP contribution in [0.4, 0.5) is 0 Å². The maximum atomic E-state index is 11.9. The van der Waals surface area contributed by atoms with E-state index in [1.54, 1.807) is 39.8 Å². The fourth-order valence-electron chi connectivity index (χ4n) is 1.47. The first-order valence-electron chi connectivity index (χ1n) is 6.53. The van der Waals surface area contributed by atoms with Gasteiger partial charge in [-0.3, -0.25) is 9.59 Å². The summed E-state index contributed by atoms with van der Waals surface area (Å²) in [5.74, 6) is -0.370. The fraction of sp³-hybridized carbons (Fsp3) is 0.467. The summed E-state index contributed by atoms with van der Waals surface area (Å²) in [6, 6.07) is 6.71. The molecule has 0 heterocycles. The highest BCUT2D eigenvalue weighted by molar-refractivity contribution is 6.30.